The molecule has 9 heteroatoms. The number of rotatable bonds is 5. The second-order valence-corrected chi connectivity index (χ2v) is 6.76. The SMILES string of the molecule is CNS(=O)(=O)c1ccc(N(C)C2CCNC2)c([N+](=O)[O-])c1. The molecule has 1 atom stereocenters. The molecule has 0 radical (unpaired) electrons. The number of sulfonamides is 1. The largest absolute Gasteiger partial charge is 0.365 e. The summed E-state index contributed by atoms with van der Waals surface area (Å²) < 4.78 is 25.7. The zero-order valence-electron chi connectivity index (χ0n) is 11.9. The number of nitrogens with zero attached hydrogens (tertiary/aromatic N) is 2. The van der Waals surface area contributed by atoms with Gasteiger partial charge in [-0.1, -0.05) is 0 Å². The lowest BCUT2D eigenvalue weighted by molar-refractivity contribution is -0.384. The van der Waals surface area contributed by atoms with Gasteiger partial charge < -0.3 is 10.2 Å². The normalized spacial score (nSPS) is 18.7. The molecule has 1 fully saturated rings. The summed E-state index contributed by atoms with van der Waals surface area (Å²) in [6.45, 7) is 1.62. The van der Waals surface area contributed by atoms with Crippen LogP contribution in [0.25, 0.3) is 0 Å². The van der Waals surface area contributed by atoms with Crippen molar-refractivity contribution in [1.82, 2.24) is 10.0 Å². The number of anilines is 1. The van der Waals surface area contributed by atoms with Crippen molar-refractivity contribution in [2.75, 3.05) is 32.1 Å². The van der Waals surface area contributed by atoms with Gasteiger partial charge in [0, 0.05) is 25.7 Å². The van der Waals surface area contributed by atoms with E-state index in [4.69, 9.17) is 0 Å². The number of nitro benzene ring substituents is 1. The van der Waals surface area contributed by atoms with E-state index in [1.165, 1.54) is 19.2 Å². The molecule has 8 nitrogen and oxygen atoms in total. The number of benzene rings is 1. The Hall–Kier alpha value is -1.71. The summed E-state index contributed by atoms with van der Waals surface area (Å²) in [5, 5.41) is 14.5. The van der Waals surface area contributed by atoms with E-state index in [0.29, 0.717) is 5.69 Å². The lowest BCUT2D eigenvalue weighted by Gasteiger charge is -2.25. The fraction of sp³-hybridized carbons (Fsp3) is 0.500. The maximum atomic E-state index is 11.8. The summed E-state index contributed by atoms with van der Waals surface area (Å²) in [6, 6.07) is 4.13. The van der Waals surface area contributed by atoms with Crippen molar-refractivity contribution in [2.24, 2.45) is 0 Å². The Morgan fingerprint density at radius 1 is 1.48 bits per heavy atom. The molecule has 2 N–H and O–H groups in total. The zero-order chi connectivity index (χ0) is 15.6. The molecule has 1 aromatic carbocycles. The third kappa shape index (κ3) is 3.14. The van der Waals surface area contributed by atoms with E-state index in [-0.39, 0.29) is 16.6 Å². The van der Waals surface area contributed by atoms with Crippen molar-refractivity contribution in [3.05, 3.63) is 28.3 Å². The van der Waals surface area contributed by atoms with Gasteiger partial charge in [-0.15, -0.1) is 0 Å². The molecule has 0 aromatic heterocycles. The number of nitro groups is 1. The van der Waals surface area contributed by atoms with Gasteiger partial charge in [0.25, 0.3) is 5.69 Å². The average molecular weight is 314 g/mol. The van der Waals surface area contributed by atoms with E-state index in [1.807, 2.05) is 4.90 Å². The maximum absolute atomic E-state index is 11.8. The van der Waals surface area contributed by atoms with Gasteiger partial charge in [-0.3, -0.25) is 10.1 Å². The van der Waals surface area contributed by atoms with Crippen LogP contribution in [0.5, 0.6) is 0 Å². The molecule has 0 spiro atoms. The quantitative estimate of drug-likeness (QED) is 0.598. The van der Waals surface area contributed by atoms with Crippen LogP contribution >= 0.6 is 0 Å². The van der Waals surface area contributed by atoms with E-state index in [1.54, 1.807) is 7.05 Å². The summed E-state index contributed by atoms with van der Waals surface area (Å²) >= 11 is 0. The molecular formula is C12H18N4O4S. The predicted octanol–water partition coefficient (Wildman–Crippen LogP) is 0.301. The van der Waals surface area contributed by atoms with Crippen LogP contribution in [0.1, 0.15) is 6.42 Å². The first kappa shape index (κ1) is 15.7. The van der Waals surface area contributed by atoms with Gasteiger partial charge in [0.2, 0.25) is 10.0 Å². The highest BCUT2D eigenvalue weighted by Gasteiger charge is 2.27. The topological polar surface area (TPSA) is 105 Å². The molecule has 116 valence electrons. The summed E-state index contributed by atoms with van der Waals surface area (Å²) in [5.41, 5.74) is 0.212. The highest BCUT2D eigenvalue weighted by Crippen LogP contribution is 2.32. The Morgan fingerprint density at radius 2 is 2.19 bits per heavy atom. The van der Waals surface area contributed by atoms with Crippen molar-refractivity contribution in [1.29, 1.82) is 0 Å². The van der Waals surface area contributed by atoms with Gasteiger partial charge >= 0.3 is 0 Å². The van der Waals surface area contributed by atoms with Crippen molar-refractivity contribution < 1.29 is 13.3 Å². The third-order valence-electron chi connectivity index (χ3n) is 3.68. The van der Waals surface area contributed by atoms with Crippen LogP contribution in [-0.2, 0) is 10.0 Å². The van der Waals surface area contributed by atoms with E-state index in [9.17, 15) is 18.5 Å². The van der Waals surface area contributed by atoms with Crippen molar-refractivity contribution in [3.63, 3.8) is 0 Å². The first-order valence-electron chi connectivity index (χ1n) is 6.52. The minimum atomic E-state index is -3.70. The van der Waals surface area contributed by atoms with Crippen LogP contribution in [0, 0.1) is 10.1 Å². The van der Waals surface area contributed by atoms with Crippen LogP contribution in [-0.4, -0.2) is 46.6 Å². The molecule has 0 saturated carbocycles. The highest BCUT2D eigenvalue weighted by molar-refractivity contribution is 7.89. The summed E-state index contributed by atoms with van der Waals surface area (Å²) in [4.78, 5) is 12.4. The van der Waals surface area contributed by atoms with Gasteiger partial charge in [0.15, 0.2) is 0 Å². The minimum absolute atomic E-state index is 0.113. The molecule has 1 aromatic rings. The lowest BCUT2D eigenvalue weighted by Crippen LogP contribution is -2.33. The Morgan fingerprint density at radius 3 is 2.71 bits per heavy atom. The second-order valence-electron chi connectivity index (χ2n) is 4.87. The monoisotopic (exact) mass is 314 g/mol. The minimum Gasteiger partial charge on any atom is -0.365 e. The molecule has 1 unspecified atom stereocenters. The van der Waals surface area contributed by atoms with Crippen molar-refractivity contribution in [2.45, 2.75) is 17.4 Å². The van der Waals surface area contributed by atoms with E-state index in [2.05, 4.69) is 10.0 Å². The van der Waals surface area contributed by atoms with Crippen molar-refractivity contribution >= 4 is 21.4 Å². The average Bonchev–Trinajstić information content (AvgIpc) is 3.00. The molecule has 1 aliphatic rings. The summed E-state index contributed by atoms with van der Waals surface area (Å²) in [7, 11) is -0.648. The molecule has 0 bridgehead atoms. The standard InChI is InChI=1S/C12H18N4O4S/c1-13-21(19,20)10-3-4-11(12(7-10)16(17)18)15(2)9-5-6-14-8-9/h3-4,7,9,13-14H,5-6,8H2,1-2H3. The van der Waals surface area contributed by atoms with Crippen LogP contribution in [0.4, 0.5) is 11.4 Å². The van der Waals surface area contributed by atoms with Crippen LogP contribution < -0.4 is 14.9 Å². The Balaban J connectivity index is 2.44. The van der Waals surface area contributed by atoms with E-state index in [0.717, 1.165) is 25.6 Å². The predicted molar refractivity (Wildman–Crippen MR) is 79.0 cm³/mol. The number of likely N-dealkylation sites (N-methyl/N-ethyl adjacent to an activating group) is 1. The lowest BCUT2D eigenvalue weighted by atomic mass is 10.2. The second kappa shape index (κ2) is 5.96. The molecule has 2 rings (SSSR count). The molecule has 21 heavy (non-hydrogen) atoms. The first-order valence-corrected chi connectivity index (χ1v) is 8.00. The highest BCUT2D eigenvalue weighted by atomic mass is 32.2. The zero-order valence-corrected chi connectivity index (χ0v) is 12.7. The Bertz CT molecular complexity index is 641. The number of hydrogen-bond acceptors (Lipinski definition) is 6. The smallest absolute Gasteiger partial charge is 0.293 e. The fourth-order valence-electron chi connectivity index (χ4n) is 2.40. The van der Waals surface area contributed by atoms with Gasteiger partial charge in [0.05, 0.1) is 9.82 Å². The van der Waals surface area contributed by atoms with E-state index < -0.39 is 14.9 Å². The van der Waals surface area contributed by atoms with Gasteiger partial charge in [-0.05, 0) is 32.1 Å². The van der Waals surface area contributed by atoms with Gasteiger partial charge in [-0.25, -0.2) is 13.1 Å². The maximum Gasteiger partial charge on any atom is 0.293 e. The molecule has 0 amide bonds. The molecule has 0 aliphatic carbocycles. The first-order chi connectivity index (χ1) is 9.86. The van der Waals surface area contributed by atoms with Crippen molar-refractivity contribution in [3.8, 4) is 0 Å². The Labute approximate surface area is 123 Å². The number of nitrogens with one attached hydrogen (secondary N) is 2. The van der Waals surface area contributed by atoms with E-state index >= 15 is 0 Å². The van der Waals surface area contributed by atoms with Gasteiger partial charge in [-0.2, -0.15) is 0 Å². The third-order valence-corrected chi connectivity index (χ3v) is 5.10. The fourth-order valence-corrected chi connectivity index (χ4v) is 3.15. The molecule has 1 heterocycles. The molecule has 1 aliphatic heterocycles. The Kier molecular flexibility index (Phi) is 4.45. The van der Waals surface area contributed by atoms with Crippen LogP contribution in [0.15, 0.2) is 23.1 Å². The molecule has 1 saturated heterocycles. The summed E-state index contributed by atoms with van der Waals surface area (Å²) in [6.07, 6.45) is 0.893. The van der Waals surface area contributed by atoms with Gasteiger partial charge in [0.1, 0.15) is 5.69 Å². The summed E-state index contributed by atoms with van der Waals surface area (Å²) in [5.74, 6) is 0. The van der Waals surface area contributed by atoms with Crippen LogP contribution in [0.3, 0.4) is 0 Å². The van der Waals surface area contributed by atoms with Crippen LogP contribution in [0.2, 0.25) is 0 Å². The number of hydrogen-bond donors (Lipinski definition) is 2. The molecular weight excluding hydrogens is 296 g/mol.